The Hall–Kier alpha value is -2.95. The molecule has 3 aromatic rings. The fraction of sp³-hybridized carbons (Fsp3) is 0.400. The van der Waals surface area contributed by atoms with Gasteiger partial charge in [0.05, 0.1) is 23.5 Å². The van der Waals surface area contributed by atoms with E-state index in [0.717, 1.165) is 17.4 Å². The Bertz CT molecular complexity index is 1070. The van der Waals surface area contributed by atoms with Gasteiger partial charge in [0.2, 0.25) is 5.91 Å². The molecule has 0 bridgehead atoms. The van der Waals surface area contributed by atoms with Crippen molar-refractivity contribution in [2.24, 2.45) is 13.0 Å². The lowest BCUT2D eigenvalue weighted by molar-refractivity contribution is -0.121. The number of carbonyl (C=O) groups excluding carboxylic acids is 1. The topological polar surface area (TPSA) is 64.0 Å². The van der Waals surface area contributed by atoms with Gasteiger partial charge in [0.15, 0.2) is 0 Å². The molecule has 1 heterocycles. The van der Waals surface area contributed by atoms with Crippen molar-refractivity contribution in [3.8, 4) is 0 Å². The Kier molecular flexibility index (Phi) is 7.03. The van der Waals surface area contributed by atoms with Gasteiger partial charge in [-0.3, -0.25) is 9.59 Å². The summed E-state index contributed by atoms with van der Waals surface area (Å²) in [6.45, 7) is 6.41. The van der Waals surface area contributed by atoms with Crippen molar-refractivity contribution in [2.45, 2.75) is 52.5 Å². The van der Waals surface area contributed by atoms with Crippen molar-refractivity contribution in [3.05, 3.63) is 75.7 Å². The van der Waals surface area contributed by atoms with Crippen LogP contribution in [0.5, 0.6) is 0 Å². The monoisotopic (exact) mass is 405 g/mol. The number of aryl methyl sites for hydroxylation is 2. The number of nitrogens with zero attached hydrogens (tertiary/aromatic N) is 2. The molecule has 1 aromatic heterocycles. The first-order chi connectivity index (χ1) is 14.4. The van der Waals surface area contributed by atoms with E-state index in [9.17, 15) is 9.59 Å². The maximum Gasteiger partial charge on any atom is 0.274 e. The van der Waals surface area contributed by atoms with Crippen LogP contribution in [0.25, 0.3) is 10.8 Å². The van der Waals surface area contributed by atoms with Gasteiger partial charge in [0.25, 0.3) is 5.56 Å². The highest BCUT2D eigenvalue weighted by atomic mass is 16.2. The largest absolute Gasteiger partial charge is 0.349 e. The number of unbranched alkanes of at least 4 members (excludes halogenated alkanes) is 1. The third-order valence-corrected chi connectivity index (χ3v) is 5.50. The molecule has 0 fully saturated rings. The minimum atomic E-state index is -0.155. The van der Waals surface area contributed by atoms with Gasteiger partial charge in [-0.25, -0.2) is 4.68 Å². The molecule has 0 unspecified atom stereocenters. The molecule has 30 heavy (non-hydrogen) atoms. The van der Waals surface area contributed by atoms with Crippen molar-refractivity contribution < 1.29 is 4.79 Å². The quantitative estimate of drug-likeness (QED) is 0.607. The number of amides is 1. The van der Waals surface area contributed by atoms with Crippen molar-refractivity contribution in [2.75, 3.05) is 0 Å². The molecular weight excluding hydrogens is 374 g/mol. The lowest BCUT2D eigenvalue weighted by Crippen LogP contribution is -2.33. The summed E-state index contributed by atoms with van der Waals surface area (Å²) in [5.41, 5.74) is 2.90. The van der Waals surface area contributed by atoms with Gasteiger partial charge >= 0.3 is 0 Å². The minimum Gasteiger partial charge on any atom is -0.349 e. The SMILES string of the molecule is CCCCc1ccc([C@@H](NC(=O)Cc2nn(C)c(=O)c3ccccc23)C(C)C)cc1. The van der Waals surface area contributed by atoms with E-state index >= 15 is 0 Å². The third-order valence-electron chi connectivity index (χ3n) is 5.50. The summed E-state index contributed by atoms with van der Waals surface area (Å²) in [7, 11) is 1.62. The van der Waals surface area contributed by atoms with Crippen molar-refractivity contribution >= 4 is 16.7 Å². The van der Waals surface area contributed by atoms with Crippen LogP contribution in [0.4, 0.5) is 0 Å². The maximum atomic E-state index is 12.9. The van der Waals surface area contributed by atoms with Gasteiger partial charge in [-0.1, -0.05) is 69.7 Å². The summed E-state index contributed by atoms with van der Waals surface area (Å²) in [6.07, 6.45) is 3.58. The summed E-state index contributed by atoms with van der Waals surface area (Å²) in [5, 5.41) is 8.84. The summed E-state index contributed by atoms with van der Waals surface area (Å²) in [4.78, 5) is 25.2. The van der Waals surface area contributed by atoms with Gasteiger partial charge in [-0.2, -0.15) is 5.10 Å². The van der Waals surface area contributed by atoms with E-state index in [1.807, 2.05) is 18.2 Å². The molecule has 0 saturated heterocycles. The van der Waals surface area contributed by atoms with E-state index in [4.69, 9.17) is 0 Å². The van der Waals surface area contributed by atoms with Gasteiger partial charge in [0, 0.05) is 12.4 Å². The molecule has 5 heteroatoms. The van der Waals surface area contributed by atoms with Crippen LogP contribution in [0.1, 0.15) is 56.5 Å². The smallest absolute Gasteiger partial charge is 0.274 e. The molecular formula is C25H31N3O2. The lowest BCUT2D eigenvalue weighted by atomic mass is 9.94. The van der Waals surface area contributed by atoms with Gasteiger partial charge in [0.1, 0.15) is 0 Å². The van der Waals surface area contributed by atoms with Crippen LogP contribution in [-0.4, -0.2) is 15.7 Å². The highest BCUT2D eigenvalue weighted by Crippen LogP contribution is 2.23. The van der Waals surface area contributed by atoms with Crippen LogP contribution in [0, 0.1) is 5.92 Å². The average molecular weight is 406 g/mol. The first kappa shape index (κ1) is 21.8. The highest BCUT2D eigenvalue weighted by molar-refractivity contribution is 5.88. The van der Waals surface area contributed by atoms with E-state index < -0.39 is 0 Å². The molecule has 5 nitrogen and oxygen atoms in total. The summed E-state index contributed by atoms with van der Waals surface area (Å²) in [6, 6.07) is 15.8. The van der Waals surface area contributed by atoms with Crippen LogP contribution in [0.2, 0.25) is 0 Å². The number of benzene rings is 2. The molecule has 0 saturated carbocycles. The number of rotatable bonds is 8. The molecule has 3 rings (SSSR count). The van der Waals surface area contributed by atoms with E-state index in [2.05, 4.69) is 55.5 Å². The van der Waals surface area contributed by atoms with E-state index in [1.165, 1.54) is 23.1 Å². The molecule has 0 aliphatic carbocycles. The standard InChI is InChI=1S/C25H31N3O2/c1-5-6-9-18-12-14-19(15-13-18)24(17(2)3)26-23(29)16-22-20-10-7-8-11-21(20)25(30)28(4)27-22/h7-8,10-15,17,24H,5-6,9,16H2,1-4H3,(H,26,29)/t24-/m0/s1. The Morgan fingerprint density at radius 1 is 1.07 bits per heavy atom. The summed E-state index contributed by atoms with van der Waals surface area (Å²) < 4.78 is 1.31. The minimum absolute atomic E-state index is 0.0727. The van der Waals surface area contributed by atoms with Crippen LogP contribution >= 0.6 is 0 Å². The molecule has 0 aliphatic rings. The zero-order valence-electron chi connectivity index (χ0n) is 18.3. The number of carbonyl (C=O) groups is 1. The van der Waals surface area contributed by atoms with Crippen LogP contribution in [0.15, 0.2) is 53.3 Å². The van der Waals surface area contributed by atoms with Gasteiger partial charge in [-0.05, 0) is 36.0 Å². The van der Waals surface area contributed by atoms with Crippen LogP contribution in [-0.2, 0) is 24.7 Å². The Morgan fingerprint density at radius 3 is 2.37 bits per heavy atom. The summed E-state index contributed by atoms with van der Waals surface area (Å²) >= 11 is 0. The predicted molar refractivity (Wildman–Crippen MR) is 121 cm³/mol. The molecule has 1 atom stereocenters. The van der Waals surface area contributed by atoms with Crippen LogP contribution in [0.3, 0.4) is 0 Å². The number of fused-ring (bicyclic) bond motifs is 1. The van der Waals surface area contributed by atoms with E-state index in [-0.39, 0.29) is 29.8 Å². The van der Waals surface area contributed by atoms with E-state index in [0.29, 0.717) is 11.1 Å². The molecule has 0 aliphatic heterocycles. The number of hydrogen-bond donors (Lipinski definition) is 1. The second kappa shape index (κ2) is 9.70. The van der Waals surface area contributed by atoms with Crippen molar-refractivity contribution in [1.29, 1.82) is 0 Å². The molecule has 0 radical (unpaired) electrons. The van der Waals surface area contributed by atoms with Gasteiger partial charge in [-0.15, -0.1) is 0 Å². The van der Waals surface area contributed by atoms with Crippen molar-refractivity contribution in [1.82, 2.24) is 15.1 Å². The van der Waals surface area contributed by atoms with Crippen LogP contribution < -0.4 is 10.9 Å². The third kappa shape index (κ3) is 4.96. The highest BCUT2D eigenvalue weighted by Gasteiger charge is 2.20. The predicted octanol–water partition coefficient (Wildman–Crippen LogP) is 4.33. The zero-order chi connectivity index (χ0) is 21.7. The molecule has 1 amide bonds. The molecule has 158 valence electrons. The fourth-order valence-electron chi connectivity index (χ4n) is 3.79. The normalized spacial score (nSPS) is 12.3. The maximum absolute atomic E-state index is 12.9. The molecule has 0 spiro atoms. The number of hydrogen-bond acceptors (Lipinski definition) is 3. The average Bonchev–Trinajstić information content (AvgIpc) is 2.74. The summed E-state index contributed by atoms with van der Waals surface area (Å²) in [5.74, 6) is 0.153. The number of nitrogens with one attached hydrogen (secondary N) is 1. The first-order valence-corrected chi connectivity index (χ1v) is 10.7. The second-order valence-electron chi connectivity index (χ2n) is 8.23. The number of aromatic nitrogens is 2. The Labute approximate surface area is 178 Å². The molecule has 2 aromatic carbocycles. The van der Waals surface area contributed by atoms with Crippen molar-refractivity contribution in [3.63, 3.8) is 0 Å². The zero-order valence-corrected chi connectivity index (χ0v) is 18.3. The van der Waals surface area contributed by atoms with Gasteiger partial charge < -0.3 is 5.32 Å². The fourth-order valence-corrected chi connectivity index (χ4v) is 3.79. The lowest BCUT2D eigenvalue weighted by Gasteiger charge is -2.23. The Balaban J connectivity index is 1.79. The van der Waals surface area contributed by atoms with E-state index in [1.54, 1.807) is 13.1 Å². The first-order valence-electron chi connectivity index (χ1n) is 10.7. The Morgan fingerprint density at radius 2 is 1.73 bits per heavy atom. The second-order valence-corrected chi connectivity index (χ2v) is 8.23. The molecule has 1 N–H and O–H groups in total.